The summed E-state index contributed by atoms with van der Waals surface area (Å²) < 4.78 is 11.6. The Morgan fingerprint density at radius 2 is 2.00 bits per heavy atom. The summed E-state index contributed by atoms with van der Waals surface area (Å²) in [5.41, 5.74) is 7.87. The fourth-order valence-electron chi connectivity index (χ4n) is 5.05. The van der Waals surface area contributed by atoms with Gasteiger partial charge in [-0.1, -0.05) is 36.6 Å². The zero-order valence-electron chi connectivity index (χ0n) is 18.8. The lowest BCUT2D eigenvalue weighted by Crippen LogP contribution is -2.71. The van der Waals surface area contributed by atoms with Crippen molar-refractivity contribution in [3.05, 3.63) is 71.4 Å². The van der Waals surface area contributed by atoms with E-state index in [2.05, 4.69) is 10.4 Å². The number of furan rings is 1. The van der Waals surface area contributed by atoms with Crippen LogP contribution in [-0.2, 0) is 0 Å². The number of carbonyl (C=O) groups excluding carboxylic acids is 1. The van der Waals surface area contributed by atoms with Crippen molar-refractivity contribution >= 4 is 28.6 Å². The molecule has 6 rings (SSSR count). The summed E-state index contributed by atoms with van der Waals surface area (Å²) in [6.07, 6.45) is 6.37. The van der Waals surface area contributed by atoms with E-state index in [-0.39, 0.29) is 5.91 Å². The molecule has 2 aromatic carbocycles. The number of hydrazine groups is 1. The fourth-order valence-corrected chi connectivity index (χ4v) is 5.26. The van der Waals surface area contributed by atoms with Gasteiger partial charge in [0.1, 0.15) is 17.0 Å². The number of hydrogen-bond donors (Lipinski definition) is 1. The molecule has 34 heavy (non-hydrogen) atoms. The van der Waals surface area contributed by atoms with E-state index >= 15 is 0 Å². The van der Waals surface area contributed by atoms with Gasteiger partial charge in [-0.2, -0.15) is 0 Å². The van der Waals surface area contributed by atoms with Crippen molar-refractivity contribution in [1.82, 2.24) is 15.4 Å². The number of fused-ring (bicyclic) bond motifs is 2. The maximum absolute atomic E-state index is 13.2. The molecule has 1 saturated heterocycles. The van der Waals surface area contributed by atoms with E-state index in [9.17, 15) is 4.79 Å². The van der Waals surface area contributed by atoms with Gasteiger partial charge in [-0.3, -0.25) is 14.8 Å². The lowest BCUT2D eigenvalue weighted by Gasteiger charge is -2.51. The Morgan fingerprint density at radius 3 is 2.85 bits per heavy atom. The van der Waals surface area contributed by atoms with E-state index < -0.39 is 0 Å². The molecule has 172 valence electrons. The predicted molar refractivity (Wildman–Crippen MR) is 132 cm³/mol. The number of nitrogens with zero attached hydrogens (tertiary/aromatic N) is 2. The maximum Gasteiger partial charge on any atom is 0.268 e. The van der Waals surface area contributed by atoms with Crippen molar-refractivity contribution in [1.29, 1.82) is 0 Å². The predicted octanol–water partition coefficient (Wildman–Crippen LogP) is 6.10. The van der Waals surface area contributed by atoms with Crippen LogP contribution in [0, 0.1) is 0 Å². The number of benzene rings is 2. The fraction of sp³-hybridized carbons (Fsp3) is 0.259. The van der Waals surface area contributed by atoms with E-state index in [4.69, 9.17) is 20.8 Å². The first-order valence-electron chi connectivity index (χ1n) is 11.5. The molecule has 1 amide bonds. The van der Waals surface area contributed by atoms with Crippen molar-refractivity contribution in [2.24, 2.45) is 0 Å². The highest BCUT2D eigenvalue weighted by atomic mass is 35.5. The highest BCUT2D eigenvalue weighted by Crippen LogP contribution is 2.38. The topological polar surface area (TPSA) is 67.6 Å². The first kappa shape index (κ1) is 21.2. The molecular weight excluding hydrogens is 450 g/mol. The van der Waals surface area contributed by atoms with Crippen molar-refractivity contribution in [3.8, 4) is 28.2 Å². The van der Waals surface area contributed by atoms with Crippen LogP contribution in [0.1, 0.15) is 36.0 Å². The zero-order valence-corrected chi connectivity index (χ0v) is 19.5. The average molecular weight is 474 g/mol. The molecule has 0 unspecified atom stereocenters. The Kier molecular flexibility index (Phi) is 5.27. The Morgan fingerprint density at radius 1 is 1.12 bits per heavy atom. The summed E-state index contributed by atoms with van der Waals surface area (Å²) in [7, 11) is 1.61. The maximum atomic E-state index is 13.2. The number of pyridine rings is 1. The smallest absolute Gasteiger partial charge is 0.268 e. The van der Waals surface area contributed by atoms with Crippen LogP contribution in [0.3, 0.4) is 0 Å². The van der Waals surface area contributed by atoms with Crippen molar-refractivity contribution in [3.63, 3.8) is 0 Å². The minimum Gasteiger partial charge on any atom is -0.497 e. The standard InChI is InChI=1S/C27H24ClN3O3/c1-33-18-9-10-21(28)20(14-18)25-15-23-26(34-25)19(11-12-29-23)16-5-4-6-17(13-16)27(32)31-24-8-3-2-7-22(24)30-31/h4-6,9-15,22,24,30H,2-3,7-8H2,1H3/t22-,24+/m0/s1. The summed E-state index contributed by atoms with van der Waals surface area (Å²) in [6.45, 7) is 0. The van der Waals surface area contributed by atoms with Gasteiger partial charge in [-0.25, -0.2) is 5.43 Å². The molecule has 1 saturated carbocycles. The van der Waals surface area contributed by atoms with Crippen LogP contribution in [0.5, 0.6) is 5.75 Å². The Balaban J connectivity index is 1.36. The van der Waals surface area contributed by atoms with Gasteiger partial charge >= 0.3 is 0 Å². The zero-order chi connectivity index (χ0) is 23.2. The number of methoxy groups -OCH3 is 1. The van der Waals surface area contributed by atoms with E-state index in [1.165, 1.54) is 12.8 Å². The molecule has 0 radical (unpaired) electrons. The molecule has 1 aliphatic carbocycles. The van der Waals surface area contributed by atoms with Gasteiger partial charge < -0.3 is 9.15 Å². The second-order valence-corrected chi connectivity index (χ2v) is 9.28. The van der Waals surface area contributed by atoms with Gasteiger partial charge in [0.15, 0.2) is 5.58 Å². The molecule has 3 heterocycles. The summed E-state index contributed by atoms with van der Waals surface area (Å²) in [6, 6.07) is 17.7. The SMILES string of the molecule is COc1ccc(Cl)c(-c2cc3nccc(-c4cccc(C(=O)N5N[C@H]6CCCC[C@H]65)c4)c3o2)c1. The highest BCUT2D eigenvalue weighted by molar-refractivity contribution is 6.33. The van der Waals surface area contributed by atoms with Crippen LogP contribution >= 0.6 is 11.6 Å². The molecule has 2 fully saturated rings. The van der Waals surface area contributed by atoms with Crippen LogP contribution in [0.15, 0.2) is 65.2 Å². The Labute approximate surface area is 202 Å². The molecule has 1 N–H and O–H groups in total. The van der Waals surface area contributed by atoms with Gasteiger partial charge in [-0.15, -0.1) is 0 Å². The van der Waals surface area contributed by atoms with E-state index in [0.717, 1.165) is 35.0 Å². The quantitative estimate of drug-likeness (QED) is 0.388. The van der Waals surface area contributed by atoms with Crippen LogP contribution < -0.4 is 10.2 Å². The van der Waals surface area contributed by atoms with Gasteiger partial charge in [0.05, 0.1) is 18.2 Å². The van der Waals surface area contributed by atoms with E-state index in [0.29, 0.717) is 39.8 Å². The van der Waals surface area contributed by atoms with Crippen LogP contribution in [-0.4, -0.2) is 35.1 Å². The Bertz CT molecular complexity index is 1400. The largest absolute Gasteiger partial charge is 0.497 e. The number of halogens is 1. The average Bonchev–Trinajstić information content (AvgIpc) is 3.29. The number of carbonyl (C=O) groups is 1. The molecule has 2 aromatic heterocycles. The molecular formula is C27H24ClN3O3. The molecule has 2 atom stereocenters. The molecule has 7 heteroatoms. The van der Waals surface area contributed by atoms with Crippen LogP contribution in [0.2, 0.25) is 5.02 Å². The van der Waals surface area contributed by atoms with Crippen LogP contribution in [0.25, 0.3) is 33.6 Å². The lowest BCUT2D eigenvalue weighted by molar-refractivity contribution is -0.0321. The van der Waals surface area contributed by atoms with Gasteiger partial charge in [0.25, 0.3) is 5.91 Å². The molecule has 0 bridgehead atoms. The number of amides is 1. The number of hydrogen-bond acceptors (Lipinski definition) is 5. The minimum atomic E-state index is 0.0126. The second-order valence-electron chi connectivity index (χ2n) is 8.87. The highest BCUT2D eigenvalue weighted by Gasteiger charge is 2.42. The third kappa shape index (κ3) is 3.54. The van der Waals surface area contributed by atoms with Crippen molar-refractivity contribution in [2.75, 3.05) is 7.11 Å². The Hall–Kier alpha value is -3.35. The first-order valence-corrected chi connectivity index (χ1v) is 11.9. The lowest BCUT2D eigenvalue weighted by atomic mass is 9.86. The van der Waals surface area contributed by atoms with Crippen LogP contribution in [0.4, 0.5) is 0 Å². The number of ether oxygens (including phenoxy) is 1. The number of nitrogens with one attached hydrogen (secondary N) is 1. The molecule has 0 spiro atoms. The summed E-state index contributed by atoms with van der Waals surface area (Å²) in [5.74, 6) is 1.32. The van der Waals surface area contributed by atoms with E-state index in [1.807, 2.05) is 48.5 Å². The first-order chi connectivity index (χ1) is 16.6. The third-order valence-corrected chi connectivity index (χ3v) is 7.19. The van der Waals surface area contributed by atoms with Gasteiger partial charge in [-0.05, 0) is 54.8 Å². The molecule has 6 nitrogen and oxygen atoms in total. The number of aromatic nitrogens is 1. The molecule has 2 aliphatic rings. The normalized spacial score (nSPS) is 19.5. The van der Waals surface area contributed by atoms with Crippen molar-refractivity contribution < 1.29 is 13.9 Å². The molecule has 1 aliphatic heterocycles. The van der Waals surface area contributed by atoms with Gasteiger partial charge in [0, 0.05) is 35.0 Å². The summed E-state index contributed by atoms with van der Waals surface area (Å²) in [5, 5.41) is 2.37. The summed E-state index contributed by atoms with van der Waals surface area (Å²) >= 11 is 6.44. The second kappa shape index (κ2) is 8.46. The third-order valence-electron chi connectivity index (χ3n) is 6.86. The molecule has 4 aromatic rings. The van der Waals surface area contributed by atoms with Gasteiger partial charge in [0.2, 0.25) is 0 Å². The minimum absolute atomic E-state index is 0.0126. The van der Waals surface area contributed by atoms with Crippen molar-refractivity contribution in [2.45, 2.75) is 37.8 Å². The van der Waals surface area contributed by atoms with E-state index in [1.54, 1.807) is 24.4 Å². The summed E-state index contributed by atoms with van der Waals surface area (Å²) in [4.78, 5) is 17.7. The monoisotopic (exact) mass is 473 g/mol. The number of rotatable bonds is 4.